The molecular formula is C19H22F2O6. The number of carbonyl (C=O) groups is 2. The van der Waals surface area contributed by atoms with Crippen molar-refractivity contribution in [2.75, 3.05) is 13.2 Å². The van der Waals surface area contributed by atoms with Gasteiger partial charge in [-0.05, 0) is 32.4 Å². The third-order valence-corrected chi connectivity index (χ3v) is 3.73. The van der Waals surface area contributed by atoms with E-state index in [2.05, 4.69) is 4.74 Å². The summed E-state index contributed by atoms with van der Waals surface area (Å²) in [5.74, 6) is -8.06. The van der Waals surface area contributed by atoms with Crippen molar-refractivity contribution in [2.24, 2.45) is 0 Å². The molecule has 0 radical (unpaired) electrons. The zero-order chi connectivity index (χ0) is 20.1. The summed E-state index contributed by atoms with van der Waals surface area (Å²) < 4.78 is 49.1. The Hall–Kier alpha value is -2.32. The van der Waals surface area contributed by atoms with Crippen molar-refractivity contribution < 1.29 is 37.3 Å². The van der Waals surface area contributed by atoms with Gasteiger partial charge in [0, 0.05) is 6.08 Å². The lowest BCUT2D eigenvalue weighted by atomic mass is 10.1. The van der Waals surface area contributed by atoms with Crippen LogP contribution in [-0.2, 0) is 28.5 Å². The van der Waals surface area contributed by atoms with Crippen molar-refractivity contribution in [3.8, 4) is 0 Å². The fourth-order valence-corrected chi connectivity index (χ4v) is 2.48. The third-order valence-electron chi connectivity index (χ3n) is 3.73. The first-order valence-corrected chi connectivity index (χ1v) is 8.46. The van der Waals surface area contributed by atoms with Gasteiger partial charge in [-0.3, -0.25) is 0 Å². The number of benzene rings is 1. The van der Waals surface area contributed by atoms with Gasteiger partial charge < -0.3 is 18.9 Å². The minimum absolute atomic E-state index is 0.240. The lowest BCUT2D eigenvalue weighted by Gasteiger charge is -2.28. The topological polar surface area (TPSA) is 71.1 Å². The molecule has 1 aromatic carbocycles. The van der Waals surface area contributed by atoms with Crippen LogP contribution >= 0.6 is 0 Å². The summed E-state index contributed by atoms with van der Waals surface area (Å²) >= 11 is 0. The number of hydrogen-bond donors (Lipinski definition) is 0. The molecule has 1 heterocycles. The quantitative estimate of drug-likeness (QED) is 0.532. The number of esters is 2. The van der Waals surface area contributed by atoms with Crippen molar-refractivity contribution in [3.63, 3.8) is 0 Å². The normalized spacial score (nSPS) is 20.4. The Morgan fingerprint density at radius 1 is 1.33 bits per heavy atom. The van der Waals surface area contributed by atoms with Gasteiger partial charge in [-0.25, -0.2) is 9.59 Å². The Kier molecular flexibility index (Phi) is 6.67. The smallest absolute Gasteiger partial charge is 0.381 e. The molecule has 1 aromatic rings. The first-order chi connectivity index (χ1) is 12.7. The summed E-state index contributed by atoms with van der Waals surface area (Å²) in [5.41, 5.74) is 0.685. The maximum absolute atomic E-state index is 14.6. The van der Waals surface area contributed by atoms with Gasteiger partial charge in [-0.2, -0.15) is 8.78 Å². The lowest BCUT2D eigenvalue weighted by molar-refractivity contribution is -0.218. The van der Waals surface area contributed by atoms with Gasteiger partial charge in [0.25, 0.3) is 0 Å². The fourth-order valence-electron chi connectivity index (χ4n) is 2.48. The highest BCUT2D eigenvalue weighted by atomic mass is 19.3. The molecule has 0 aliphatic carbocycles. The molecule has 2 atom stereocenters. The summed E-state index contributed by atoms with van der Waals surface area (Å²) in [4.78, 5) is 23.8. The van der Waals surface area contributed by atoms with Gasteiger partial charge in [0.05, 0.1) is 13.2 Å². The third kappa shape index (κ3) is 5.58. The highest BCUT2D eigenvalue weighted by Gasteiger charge is 2.57. The van der Waals surface area contributed by atoms with E-state index in [1.165, 1.54) is 26.8 Å². The van der Waals surface area contributed by atoms with Crippen LogP contribution in [0.25, 0.3) is 6.08 Å². The summed E-state index contributed by atoms with van der Waals surface area (Å²) in [6.07, 6.45) is -1.10. The van der Waals surface area contributed by atoms with E-state index in [-0.39, 0.29) is 13.2 Å². The Bertz CT molecular complexity index is 687. The Morgan fingerprint density at radius 2 is 2.00 bits per heavy atom. The van der Waals surface area contributed by atoms with Crippen molar-refractivity contribution in [1.82, 2.24) is 0 Å². The summed E-state index contributed by atoms with van der Waals surface area (Å²) in [6, 6.07) is 8.77. The molecule has 2 rings (SSSR count). The Labute approximate surface area is 156 Å². The molecule has 27 heavy (non-hydrogen) atoms. The first-order valence-electron chi connectivity index (χ1n) is 8.46. The number of ether oxygens (including phenoxy) is 4. The lowest BCUT2D eigenvalue weighted by Crippen LogP contribution is -2.52. The van der Waals surface area contributed by atoms with E-state index >= 15 is 0 Å². The standard InChI is InChI=1S/C19H22F2O6/c1-4-24-17(23)19(20,21)16(14-12-25-18(2,3)27-14)26-15(22)11-10-13-8-6-5-7-9-13/h5-11,14,16H,4,12H2,1-3H3/b11-10+. The van der Waals surface area contributed by atoms with Gasteiger partial charge in [-0.1, -0.05) is 30.3 Å². The largest absolute Gasteiger partial charge is 0.461 e. The molecule has 8 heteroatoms. The van der Waals surface area contributed by atoms with Crippen LogP contribution < -0.4 is 0 Å². The monoisotopic (exact) mass is 384 g/mol. The maximum atomic E-state index is 14.6. The summed E-state index contributed by atoms with van der Waals surface area (Å²) in [7, 11) is 0. The molecule has 1 aliphatic heterocycles. The van der Waals surface area contributed by atoms with E-state index in [1.807, 2.05) is 0 Å². The van der Waals surface area contributed by atoms with Crippen LogP contribution in [0.15, 0.2) is 36.4 Å². The maximum Gasteiger partial charge on any atom is 0.381 e. The van der Waals surface area contributed by atoms with Crippen LogP contribution in [0.2, 0.25) is 0 Å². The van der Waals surface area contributed by atoms with Gasteiger partial charge in [-0.15, -0.1) is 0 Å². The van der Waals surface area contributed by atoms with Crippen LogP contribution in [0.5, 0.6) is 0 Å². The van der Waals surface area contributed by atoms with Gasteiger partial charge in [0.1, 0.15) is 6.10 Å². The second-order valence-corrected chi connectivity index (χ2v) is 6.31. The van der Waals surface area contributed by atoms with Gasteiger partial charge >= 0.3 is 17.9 Å². The molecule has 0 amide bonds. The Balaban J connectivity index is 2.18. The van der Waals surface area contributed by atoms with Crippen LogP contribution in [0.1, 0.15) is 26.3 Å². The van der Waals surface area contributed by atoms with E-state index in [0.717, 1.165) is 6.08 Å². The molecule has 0 bridgehead atoms. The molecule has 0 N–H and O–H groups in total. The minimum Gasteiger partial charge on any atom is -0.461 e. The number of carbonyl (C=O) groups excluding carboxylic acids is 2. The van der Waals surface area contributed by atoms with Gasteiger partial charge in [0.15, 0.2) is 5.79 Å². The number of alkyl halides is 2. The van der Waals surface area contributed by atoms with Crippen LogP contribution in [0, 0.1) is 0 Å². The molecule has 0 aromatic heterocycles. The van der Waals surface area contributed by atoms with E-state index in [4.69, 9.17) is 14.2 Å². The highest BCUT2D eigenvalue weighted by molar-refractivity contribution is 5.88. The predicted octanol–water partition coefficient (Wildman–Crippen LogP) is 2.96. The summed E-state index contributed by atoms with van der Waals surface area (Å²) in [6.45, 7) is 3.96. The Morgan fingerprint density at radius 3 is 2.56 bits per heavy atom. The number of hydrogen-bond acceptors (Lipinski definition) is 6. The minimum atomic E-state index is -4.10. The summed E-state index contributed by atoms with van der Waals surface area (Å²) in [5, 5.41) is 0. The zero-order valence-corrected chi connectivity index (χ0v) is 15.3. The second kappa shape index (κ2) is 8.58. The molecule has 0 spiro atoms. The van der Waals surface area contributed by atoms with Crippen LogP contribution in [0.3, 0.4) is 0 Å². The molecule has 2 unspecified atom stereocenters. The first kappa shape index (κ1) is 21.0. The van der Waals surface area contributed by atoms with E-state index in [9.17, 15) is 18.4 Å². The molecule has 0 saturated carbocycles. The highest BCUT2D eigenvalue weighted by Crippen LogP contribution is 2.33. The predicted molar refractivity (Wildman–Crippen MR) is 91.8 cm³/mol. The number of rotatable bonds is 7. The fraction of sp³-hybridized carbons (Fsp3) is 0.474. The zero-order valence-electron chi connectivity index (χ0n) is 15.3. The van der Waals surface area contributed by atoms with Crippen LogP contribution in [0.4, 0.5) is 8.78 Å². The molecular weight excluding hydrogens is 362 g/mol. The average Bonchev–Trinajstić information content (AvgIpc) is 2.98. The van der Waals surface area contributed by atoms with Gasteiger partial charge in [0.2, 0.25) is 6.10 Å². The average molecular weight is 384 g/mol. The van der Waals surface area contributed by atoms with Crippen LogP contribution in [-0.4, -0.2) is 49.1 Å². The molecule has 1 saturated heterocycles. The second-order valence-electron chi connectivity index (χ2n) is 6.31. The van der Waals surface area contributed by atoms with E-state index < -0.39 is 35.9 Å². The van der Waals surface area contributed by atoms with Crippen molar-refractivity contribution in [2.45, 2.75) is 44.7 Å². The number of halogens is 2. The van der Waals surface area contributed by atoms with Crippen molar-refractivity contribution >= 4 is 18.0 Å². The molecule has 1 fully saturated rings. The van der Waals surface area contributed by atoms with E-state index in [0.29, 0.717) is 5.56 Å². The van der Waals surface area contributed by atoms with E-state index in [1.54, 1.807) is 30.3 Å². The molecule has 6 nitrogen and oxygen atoms in total. The SMILES string of the molecule is CCOC(=O)C(F)(F)C(OC(=O)/C=C/c1ccccc1)C1COC(C)(C)O1. The van der Waals surface area contributed by atoms with Crippen molar-refractivity contribution in [1.29, 1.82) is 0 Å². The molecule has 148 valence electrons. The molecule has 1 aliphatic rings. The van der Waals surface area contributed by atoms with Crippen molar-refractivity contribution in [3.05, 3.63) is 42.0 Å².